The van der Waals surface area contributed by atoms with Crippen molar-refractivity contribution >= 4 is 51.7 Å². The topological polar surface area (TPSA) is 79.8 Å². The lowest BCUT2D eigenvalue weighted by atomic mass is 10.2. The van der Waals surface area contributed by atoms with Crippen LogP contribution in [-0.4, -0.2) is 31.1 Å². The van der Waals surface area contributed by atoms with Gasteiger partial charge in [0.1, 0.15) is 21.5 Å². The highest BCUT2D eigenvalue weighted by atomic mass is 32.2. The van der Waals surface area contributed by atoms with Gasteiger partial charge in [-0.05, 0) is 42.7 Å². The average Bonchev–Trinajstić information content (AvgIpc) is 3.33. The van der Waals surface area contributed by atoms with Crippen LogP contribution in [0.1, 0.15) is 30.7 Å². The van der Waals surface area contributed by atoms with Gasteiger partial charge in [0.2, 0.25) is 0 Å². The van der Waals surface area contributed by atoms with E-state index < -0.39 is 0 Å². The van der Waals surface area contributed by atoms with Crippen LogP contribution in [0.3, 0.4) is 0 Å². The number of nitrogens with zero attached hydrogens (tertiary/aromatic N) is 3. The zero-order valence-corrected chi connectivity index (χ0v) is 19.0. The van der Waals surface area contributed by atoms with Gasteiger partial charge in [-0.2, -0.15) is 0 Å². The van der Waals surface area contributed by atoms with Crippen LogP contribution in [0.2, 0.25) is 0 Å². The summed E-state index contributed by atoms with van der Waals surface area (Å²) in [5, 5.41) is 3.26. The molecule has 0 radical (unpaired) electrons. The van der Waals surface area contributed by atoms with Crippen LogP contribution >= 0.6 is 24.0 Å². The van der Waals surface area contributed by atoms with E-state index in [1.54, 1.807) is 30.7 Å². The van der Waals surface area contributed by atoms with Gasteiger partial charge in [-0.1, -0.05) is 43.9 Å². The molecule has 1 aliphatic heterocycles. The van der Waals surface area contributed by atoms with Crippen molar-refractivity contribution in [1.82, 2.24) is 14.3 Å². The molecule has 0 atom stereocenters. The standard InChI is InChI=1S/C22H22N4O3S2/c1-13(2)10-23-19-16(20(27)25-11-14(3)6-7-18(25)24-19)9-17-21(28)26(22(30)31-17)12-15-5-4-8-29-15/h4-9,11,13,23H,10,12H2,1-3H3/b17-9-. The summed E-state index contributed by atoms with van der Waals surface area (Å²) in [6, 6.07) is 7.27. The zero-order chi connectivity index (χ0) is 22.1. The second-order valence-corrected chi connectivity index (χ2v) is 9.41. The summed E-state index contributed by atoms with van der Waals surface area (Å²) in [6.45, 7) is 6.96. The monoisotopic (exact) mass is 454 g/mol. The largest absolute Gasteiger partial charge is 0.467 e. The molecule has 1 amide bonds. The molecule has 0 bridgehead atoms. The summed E-state index contributed by atoms with van der Waals surface area (Å²) in [5.41, 5.74) is 1.58. The van der Waals surface area contributed by atoms with E-state index in [1.165, 1.54) is 21.1 Å². The van der Waals surface area contributed by atoms with Gasteiger partial charge in [0.05, 0.1) is 23.3 Å². The smallest absolute Gasteiger partial charge is 0.267 e. The lowest BCUT2D eigenvalue weighted by Crippen LogP contribution is -2.27. The molecule has 9 heteroatoms. The fraction of sp³-hybridized carbons (Fsp3) is 0.273. The number of anilines is 1. The maximum Gasteiger partial charge on any atom is 0.267 e. The van der Waals surface area contributed by atoms with Crippen molar-refractivity contribution in [2.75, 3.05) is 11.9 Å². The predicted molar refractivity (Wildman–Crippen MR) is 127 cm³/mol. The number of carbonyl (C=O) groups excluding carboxylic acids is 1. The van der Waals surface area contributed by atoms with Gasteiger partial charge in [0.25, 0.3) is 11.5 Å². The molecular formula is C22H22N4O3S2. The summed E-state index contributed by atoms with van der Waals surface area (Å²) in [7, 11) is 0. The fourth-order valence-corrected chi connectivity index (χ4v) is 4.39. The van der Waals surface area contributed by atoms with E-state index in [2.05, 4.69) is 24.1 Å². The first-order valence-electron chi connectivity index (χ1n) is 9.88. The van der Waals surface area contributed by atoms with Gasteiger partial charge in [-0.3, -0.25) is 18.9 Å². The fourth-order valence-electron chi connectivity index (χ4n) is 3.15. The normalized spacial score (nSPS) is 15.6. The molecule has 160 valence electrons. The molecular weight excluding hydrogens is 432 g/mol. The van der Waals surface area contributed by atoms with Crippen LogP contribution in [0, 0.1) is 12.8 Å². The number of hydrogen-bond donors (Lipinski definition) is 1. The van der Waals surface area contributed by atoms with Gasteiger partial charge in [-0.15, -0.1) is 0 Å². The minimum Gasteiger partial charge on any atom is -0.467 e. The van der Waals surface area contributed by atoms with Crippen LogP contribution in [-0.2, 0) is 11.3 Å². The molecule has 0 aliphatic carbocycles. The van der Waals surface area contributed by atoms with Gasteiger partial charge >= 0.3 is 0 Å². The number of amides is 1. The number of nitrogens with one attached hydrogen (secondary N) is 1. The number of rotatable bonds is 6. The predicted octanol–water partition coefficient (Wildman–Crippen LogP) is 4.07. The first-order valence-corrected chi connectivity index (χ1v) is 11.1. The third kappa shape index (κ3) is 4.42. The Morgan fingerprint density at radius 1 is 1.29 bits per heavy atom. The number of aryl methyl sites for hydroxylation is 1. The van der Waals surface area contributed by atoms with E-state index in [1.807, 2.05) is 19.1 Å². The molecule has 1 fully saturated rings. The highest BCUT2D eigenvalue weighted by Crippen LogP contribution is 2.34. The Morgan fingerprint density at radius 2 is 2.10 bits per heavy atom. The highest BCUT2D eigenvalue weighted by Gasteiger charge is 2.33. The van der Waals surface area contributed by atoms with Gasteiger partial charge < -0.3 is 9.73 Å². The van der Waals surface area contributed by atoms with Crippen LogP contribution in [0.5, 0.6) is 0 Å². The van der Waals surface area contributed by atoms with E-state index in [4.69, 9.17) is 16.6 Å². The lowest BCUT2D eigenvalue weighted by Gasteiger charge is -2.13. The molecule has 1 aliphatic rings. The minimum atomic E-state index is -0.255. The summed E-state index contributed by atoms with van der Waals surface area (Å²) >= 11 is 6.57. The molecule has 1 saturated heterocycles. The van der Waals surface area contributed by atoms with Crippen molar-refractivity contribution in [3.63, 3.8) is 0 Å². The summed E-state index contributed by atoms with van der Waals surface area (Å²) < 4.78 is 7.27. The van der Waals surface area contributed by atoms with E-state index in [0.717, 1.165) is 5.56 Å². The Kier molecular flexibility index (Phi) is 5.97. The molecule has 0 unspecified atom stereocenters. The first-order chi connectivity index (χ1) is 14.8. The minimum absolute atomic E-state index is 0.240. The third-order valence-electron chi connectivity index (χ3n) is 4.73. The Balaban J connectivity index is 1.77. The number of fused-ring (bicyclic) bond motifs is 1. The number of carbonyl (C=O) groups is 1. The molecule has 31 heavy (non-hydrogen) atoms. The molecule has 0 aromatic carbocycles. The zero-order valence-electron chi connectivity index (χ0n) is 17.4. The maximum absolute atomic E-state index is 13.3. The summed E-state index contributed by atoms with van der Waals surface area (Å²) in [6.07, 6.45) is 4.89. The van der Waals surface area contributed by atoms with E-state index in [9.17, 15) is 9.59 Å². The number of thiocarbonyl (C=S) groups is 1. The van der Waals surface area contributed by atoms with Gasteiger partial charge in [0, 0.05) is 12.7 Å². The first kappa shape index (κ1) is 21.3. The van der Waals surface area contributed by atoms with E-state index >= 15 is 0 Å². The van der Waals surface area contributed by atoms with Crippen molar-refractivity contribution in [2.45, 2.75) is 27.3 Å². The second kappa shape index (κ2) is 8.68. The Hall–Kier alpha value is -2.91. The van der Waals surface area contributed by atoms with Crippen LogP contribution in [0.4, 0.5) is 5.82 Å². The number of hydrogen-bond acceptors (Lipinski definition) is 7. The molecule has 3 aromatic rings. The lowest BCUT2D eigenvalue weighted by molar-refractivity contribution is -0.122. The average molecular weight is 455 g/mol. The Labute approximate surface area is 189 Å². The van der Waals surface area contributed by atoms with Crippen molar-refractivity contribution in [3.8, 4) is 0 Å². The molecule has 1 N–H and O–H groups in total. The van der Waals surface area contributed by atoms with E-state index in [-0.39, 0.29) is 18.0 Å². The number of pyridine rings is 1. The van der Waals surface area contributed by atoms with E-state index in [0.29, 0.717) is 44.5 Å². The van der Waals surface area contributed by atoms with Gasteiger partial charge in [0.15, 0.2) is 0 Å². The number of aromatic nitrogens is 2. The number of thioether (sulfide) groups is 1. The molecule has 7 nitrogen and oxygen atoms in total. The van der Waals surface area contributed by atoms with Crippen LogP contribution in [0.15, 0.2) is 50.8 Å². The third-order valence-corrected chi connectivity index (χ3v) is 6.10. The van der Waals surface area contributed by atoms with Crippen molar-refractivity contribution in [1.29, 1.82) is 0 Å². The summed E-state index contributed by atoms with van der Waals surface area (Å²) in [4.78, 5) is 32.8. The summed E-state index contributed by atoms with van der Waals surface area (Å²) in [5.74, 6) is 1.20. The molecule has 4 rings (SSSR count). The highest BCUT2D eigenvalue weighted by molar-refractivity contribution is 8.26. The molecule has 3 aromatic heterocycles. The molecule has 4 heterocycles. The van der Waals surface area contributed by atoms with Gasteiger partial charge in [-0.25, -0.2) is 4.98 Å². The Morgan fingerprint density at radius 3 is 2.81 bits per heavy atom. The molecule has 0 saturated carbocycles. The van der Waals surface area contributed by atoms with Crippen molar-refractivity contribution < 1.29 is 9.21 Å². The molecule has 0 spiro atoms. The Bertz CT molecular complexity index is 1250. The number of furan rings is 1. The second-order valence-electron chi connectivity index (χ2n) is 7.74. The van der Waals surface area contributed by atoms with Crippen LogP contribution < -0.4 is 10.9 Å². The maximum atomic E-state index is 13.3. The quantitative estimate of drug-likeness (QED) is 0.444. The van der Waals surface area contributed by atoms with Crippen LogP contribution in [0.25, 0.3) is 11.7 Å². The van der Waals surface area contributed by atoms with Crippen molar-refractivity contribution in [2.24, 2.45) is 5.92 Å². The van der Waals surface area contributed by atoms with Crippen molar-refractivity contribution in [3.05, 3.63) is 68.9 Å². The SMILES string of the molecule is Cc1ccc2nc(NCC(C)C)c(/C=C3\SC(=S)N(Cc4ccco4)C3=O)c(=O)n2c1.